The summed E-state index contributed by atoms with van der Waals surface area (Å²) in [6.45, 7) is 10.3. The fraction of sp³-hybridized carbons (Fsp3) is 0.667. The van der Waals surface area contributed by atoms with Gasteiger partial charge in [0.25, 0.3) is 0 Å². The molecule has 1 aromatic carbocycles. The first kappa shape index (κ1) is 16.2. The molecule has 19 heavy (non-hydrogen) atoms. The monoisotopic (exact) mass is 261 g/mol. The van der Waals surface area contributed by atoms with Crippen LogP contribution in [0, 0.1) is 11.8 Å². The average molecular weight is 261 g/mol. The number of rotatable bonds is 9. The number of hydrogen-bond acceptors (Lipinski definition) is 1. The van der Waals surface area contributed by atoms with Gasteiger partial charge in [0.05, 0.1) is 0 Å². The molecule has 0 spiro atoms. The summed E-state index contributed by atoms with van der Waals surface area (Å²) in [5.41, 5.74) is 1.42. The van der Waals surface area contributed by atoms with Crippen LogP contribution in [-0.4, -0.2) is 6.54 Å². The molecule has 0 radical (unpaired) electrons. The summed E-state index contributed by atoms with van der Waals surface area (Å²) in [4.78, 5) is 0. The normalized spacial score (nSPS) is 14.6. The minimum Gasteiger partial charge on any atom is -0.309 e. The molecule has 2 unspecified atom stereocenters. The first-order chi connectivity index (χ1) is 9.19. The van der Waals surface area contributed by atoms with Crippen molar-refractivity contribution in [3.05, 3.63) is 35.9 Å². The van der Waals surface area contributed by atoms with Crippen molar-refractivity contribution in [1.29, 1.82) is 0 Å². The molecule has 0 saturated heterocycles. The molecule has 1 rings (SSSR count). The second-order valence-corrected chi connectivity index (χ2v) is 5.96. The number of benzene rings is 1. The number of unbranched alkanes of at least 4 members (excludes halogenated alkanes) is 1. The van der Waals surface area contributed by atoms with Gasteiger partial charge in [-0.3, -0.25) is 0 Å². The quantitative estimate of drug-likeness (QED) is 0.645. The van der Waals surface area contributed by atoms with E-state index in [9.17, 15) is 0 Å². The molecule has 0 fully saturated rings. The predicted molar refractivity (Wildman–Crippen MR) is 85.3 cm³/mol. The molecular formula is C18H31N. The van der Waals surface area contributed by atoms with E-state index in [1.165, 1.54) is 31.2 Å². The Hall–Kier alpha value is -0.820. The summed E-state index contributed by atoms with van der Waals surface area (Å²) < 4.78 is 0. The Balaban J connectivity index is 2.55. The fourth-order valence-corrected chi connectivity index (χ4v) is 2.64. The lowest BCUT2D eigenvalue weighted by atomic mass is 9.94. The van der Waals surface area contributed by atoms with E-state index >= 15 is 0 Å². The van der Waals surface area contributed by atoms with Crippen LogP contribution >= 0.6 is 0 Å². The van der Waals surface area contributed by atoms with Crippen LogP contribution in [0.25, 0.3) is 0 Å². The van der Waals surface area contributed by atoms with Crippen LogP contribution in [0.1, 0.15) is 65.0 Å². The third-order valence-corrected chi connectivity index (χ3v) is 4.00. The minimum absolute atomic E-state index is 0.483. The molecule has 1 heteroatoms. The first-order valence-corrected chi connectivity index (χ1v) is 7.97. The molecule has 108 valence electrons. The van der Waals surface area contributed by atoms with Crippen molar-refractivity contribution >= 4 is 0 Å². The molecule has 0 aliphatic carbocycles. The minimum atomic E-state index is 0.483. The highest BCUT2D eigenvalue weighted by atomic mass is 14.9. The van der Waals surface area contributed by atoms with Gasteiger partial charge in [0.2, 0.25) is 0 Å². The van der Waals surface area contributed by atoms with Crippen molar-refractivity contribution in [1.82, 2.24) is 5.32 Å². The molecule has 0 aliphatic heterocycles. The second kappa shape index (κ2) is 9.14. The average Bonchev–Trinajstić information content (AvgIpc) is 2.43. The molecule has 1 aromatic rings. The van der Waals surface area contributed by atoms with Gasteiger partial charge < -0.3 is 5.32 Å². The first-order valence-electron chi connectivity index (χ1n) is 7.97. The molecule has 0 saturated carbocycles. The molecule has 0 aromatic heterocycles. The lowest BCUT2D eigenvalue weighted by Gasteiger charge is -2.26. The van der Waals surface area contributed by atoms with Crippen LogP contribution in [0.3, 0.4) is 0 Å². The Labute approximate surface area is 119 Å². The third-order valence-electron chi connectivity index (χ3n) is 4.00. The van der Waals surface area contributed by atoms with Crippen molar-refractivity contribution in [2.45, 2.75) is 59.4 Å². The predicted octanol–water partition coefficient (Wildman–Crippen LogP) is 5.19. The zero-order valence-corrected chi connectivity index (χ0v) is 13.2. The molecule has 1 N–H and O–H groups in total. The Morgan fingerprint density at radius 3 is 2.26 bits per heavy atom. The van der Waals surface area contributed by atoms with Crippen LogP contribution in [0.5, 0.6) is 0 Å². The summed E-state index contributed by atoms with van der Waals surface area (Å²) in [5, 5.41) is 3.80. The van der Waals surface area contributed by atoms with Crippen molar-refractivity contribution in [3.8, 4) is 0 Å². The summed E-state index contributed by atoms with van der Waals surface area (Å²) in [7, 11) is 0. The van der Waals surface area contributed by atoms with Crippen molar-refractivity contribution in [3.63, 3.8) is 0 Å². The van der Waals surface area contributed by atoms with Crippen LogP contribution in [0.4, 0.5) is 0 Å². The van der Waals surface area contributed by atoms with Gasteiger partial charge >= 0.3 is 0 Å². The van der Waals surface area contributed by atoms with Crippen LogP contribution in [0.15, 0.2) is 30.3 Å². The van der Waals surface area contributed by atoms with E-state index in [1.54, 1.807) is 0 Å². The zero-order chi connectivity index (χ0) is 14.1. The largest absolute Gasteiger partial charge is 0.309 e. The van der Waals surface area contributed by atoms with Crippen molar-refractivity contribution < 1.29 is 0 Å². The van der Waals surface area contributed by atoms with E-state index in [2.05, 4.69) is 63.3 Å². The SMILES string of the molecule is CCCCC(CC)CNC(c1ccccc1)C(C)C. The van der Waals surface area contributed by atoms with Gasteiger partial charge in [-0.2, -0.15) is 0 Å². The van der Waals surface area contributed by atoms with Gasteiger partial charge in [-0.25, -0.2) is 0 Å². The molecule has 0 bridgehead atoms. The van der Waals surface area contributed by atoms with E-state index in [1.807, 2.05) is 0 Å². The Morgan fingerprint density at radius 2 is 1.74 bits per heavy atom. The molecule has 0 aliphatic rings. The molecule has 2 atom stereocenters. The topological polar surface area (TPSA) is 12.0 Å². The summed E-state index contributed by atoms with van der Waals surface area (Å²) >= 11 is 0. The van der Waals surface area contributed by atoms with Gasteiger partial charge in [0.15, 0.2) is 0 Å². The number of hydrogen-bond donors (Lipinski definition) is 1. The highest BCUT2D eigenvalue weighted by Gasteiger charge is 2.16. The Bertz CT molecular complexity index is 318. The maximum absolute atomic E-state index is 3.80. The second-order valence-electron chi connectivity index (χ2n) is 5.96. The van der Waals surface area contributed by atoms with Crippen LogP contribution in [0.2, 0.25) is 0 Å². The standard InChI is InChI=1S/C18H31N/c1-5-7-11-16(6-2)14-19-18(15(3)4)17-12-9-8-10-13-17/h8-10,12-13,15-16,18-19H,5-7,11,14H2,1-4H3. The van der Waals surface area contributed by atoms with E-state index in [4.69, 9.17) is 0 Å². The maximum Gasteiger partial charge on any atom is 0.0343 e. The van der Waals surface area contributed by atoms with E-state index in [0.717, 1.165) is 12.5 Å². The highest BCUT2D eigenvalue weighted by molar-refractivity contribution is 5.19. The Morgan fingerprint density at radius 1 is 1.05 bits per heavy atom. The van der Waals surface area contributed by atoms with Gasteiger partial charge in [0, 0.05) is 6.04 Å². The molecule has 0 heterocycles. The van der Waals surface area contributed by atoms with Gasteiger partial charge in [-0.1, -0.05) is 77.3 Å². The highest BCUT2D eigenvalue weighted by Crippen LogP contribution is 2.22. The van der Waals surface area contributed by atoms with Gasteiger partial charge in [-0.15, -0.1) is 0 Å². The number of nitrogens with one attached hydrogen (secondary N) is 1. The van der Waals surface area contributed by atoms with Crippen LogP contribution in [-0.2, 0) is 0 Å². The zero-order valence-electron chi connectivity index (χ0n) is 13.2. The lowest BCUT2D eigenvalue weighted by Crippen LogP contribution is -2.30. The maximum atomic E-state index is 3.80. The Kier molecular flexibility index (Phi) is 7.81. The van der Waals surface area contributed by atoms with Crippen molar-refractivity contribution in [2.75, 3.05) is 6.54 Å². The van der Waals surface area contributed by atoms with Crippen LogP contribution < -0.4 is 5.32 Å². The lowest BCUT2D eigenvalue weighted by molar-refractivity contribution is 0.348. The smallest absolute Gasteiger partial charge is 0.0343 e. The molecular weight excluding hydrogens is 230 g/mol. The third kappa shape index (κ3) is 5.78. The van der Waals surface area contributed by atoms with E-state index in [-0.39, 0.29) is 0 Å². The molecule has 0 amide bonds. The summed E-state index contributed by atoms with van der Waals surface area (Å²) in [6.07, 6.45) is 5.31. The van der Waals surface area contributed by atoms with E-state index in [0.29, 0.717) is 12.0 Å². The molecule has 1 nitrogen and oxygen atoms in total. The summed E-state index contributed by atoms with van der Waals surface area (Å²) in [5.74, 6) is 1.45. The fourth-order valence-electron chi connectivity index (χ4n) is 2.64. The van der Waals surface area contributed by atoms with E-state index < -0.39 is 0 Å². The van der Waals surface area contributed by atoms with Gasteiger partial charge in [0.1, 0.15) is 0 Å². The summed E-state index contributed by atoms with van der Waals surface area (Å²) in [6, 6.07) is 11.3. The van der Waals surface area contributed by atoms with Crippen molar-refractivity contribution in [2.24, 2.45) is 11.8 Å². The van der Waals surface area contributed by atoms with Gasteiger partial charge in [-0.05, 0) is 30.4 Å².